The highest BCUT2D eigenvalue weighted by Gasteiger charge is 2.24. The van der Waals surface area contributed by atoms with Gasteiger partial charge in [-0.05, 0) is 43.7 Å². The first-order chi connectivity index (χ1) is 13.6. The Labute approximate surface area is 169 Å². The van der Waals surface area contributed by atoms with Crippen LogP contribution < -0.4 is 4.74 Å². The van der Waals surface area contributed by atoms with Gasteiger partial charge >= 0.3 is 5.97 Å². The molecule has 0 saturated heterocycles. The molecular formula is C21H21FO6S. The fourth-order valence-electron chi connectivity index (χ4n) is 2.19. The lowest BCUT2D eigenvalue weighted by Crippen LogP contribution is -2.30. The zero-order valence-corrected chi connectivity index (χ0v) is 16.8. The van der Waals surface area contributed by atoms with E-state index in [4.69, 9.17) is 14.0 Å². The molecule has 2 aromatic rings. The van der Waals surface area contributed by atoms with E-state index < -0.39 is 39.9 Å². The van der Waals surface area contributed by atoms with Crippen molar-refractivity contribution in [3.63, 3.8) is 0 Å². The van der Waals surface area contributed by atoms with Crippen molar-refractivity contribution in [2.45, 2.75) is 25.9 Å². The van der Waals surface area contributed by atoms with Crippen LogP contribution in [-0.2, 0) is 14.9 Å². The molecule has 2 aromatic carbocycles. The van der Waals surface area contributed by atoms with Crippen molar-refractivity contribution >= 4 is 16.1 Å². The summed E-state index contributed by atoms with van der Waals surface area (Å²) in [5, 5.41) is 0. The number of hydrogen-bond acceptors (Lipinski definition) is 5. The summed E-state index contributed by atoms with van der Waals surface area (Å²) in [6.07, 6.45) is 0.454. The largest absolute Gasteiger partial charge is 0.472 e. The summed E-state index contributed by atoms with van der Waals surface area (Å²) in [5.41, 5.74) is -0.247. The molecule has 1 atom stereocenters. The molecule has 0 aliphatic heterocycles. The van der Waals surface area contributed by atoms with Gasteiger partial charge in [0, 0.05) is 5.56 Å². The number of hydrogen-bond donors (Lipinski definition) is 1. The van der Waals surface area contributed by atoms with Crippen molar-refractivity contribution in [1.29, 1.82) is 0 Å². The second kappa shape index (κ2) is 9.54. The van der Waals surface area contributed by atoms with E-state index >= 15 is 0 Å². The molecule has 0 spiro atoms. The number of ether oxygens (including phenoxy) is 2. The minimum Gasteiger partial charge on any atom is -0.472 e. The van der Waals surface area contributed by atoms with Crippen LogP contribution in [-0.4, -0.2) is 36.9 Å². The van der Waals surface area contributed by atoms with Gasteiger partial charge in [0.25, 0.3) is 10.1 Å². The van der Waals surface area contributed by atoms with Crippen molar-refractivity contribution in [1.82, 2.24) is 0 Å². The predicted molar refractivity (Wildman–Crippen MR) is 106 cm³/mol. The lowest BCUT2D eigenvalue weighted by Gasteiger charge is -2.24. The number of esters is 1. The van der Waals surface area contributed by atoms with Crippen LogP contribution >= 0.6 is 0 Å². The van der Waals surface area contributed by atoms with Crippen LogP contribution in [0.5, 0.6) is 5.75 Å². The predicted octanol–water partition coefficient (Wildman–Crippen LogP) is 3.47. The van der Waals surface area contributed by atoms with E-state index in [9.17, 15) is 17.6 Å². The highest BCUT2D eigenvalue weighted by atomic mass is 32.2. The minimum atomic E-state index is -4.25. The molecular weight excluding hydrogens is 399 g/mol. The smallest absolute Gasteiger partial charge is 0.338 e. The van der Waals surface area contributed by atoms with Crippen LogP contribution in [0, 0.1) is 17.7 Å². The Morgan fingerprint density at radius 1 is 1.21 bits per heavy atom. The molecule has 29 heavy (non-hydrogen) atoms. The third kappa shape index (κ3) is 7.22. The zero-order chi connectivity index (χ0) is 21.5. The highest BCUT2D eigenvalue weighted by Crippen LogP contribution is 2.26. The molecule has 0 heterocycles. The first kappa shape index (κ1) is 22.4. The quantitative estimate of drug-likeness (QED) is 0.419. The Morgan fingerprint density at radius 3 is 2.52 bits per heavy atom. The maximum Gasteiger partial charge on any atom is 0.338 e. The standard InChI is InChI=1S/C21H21FO6S/c1-3-21(2,12-11-16-7-5-4-6-8-16)28-19-15-17(9-10-18(19)22)20(23)27-13-14-29(24,25)26/h4-10,15H,3,13-14H2,1-2H3,(H,24,25,26). The van der Waals surface area contributed by atoms with Crippen LogP contribution in [0.4, 0.5) is 4.39 Å². The summed E-state index contributed by atoms with van der Waals surface area (Å²) < 4.78 is 54.8. The normalized spacial score (nSPS) is 13.0. The SMILES string of the molecule is CCC(C)(C#Cc1ccccc1)Oc1cc(C(=O)OCCS(=O)(=O)O)ccc1F. The molecule has 0 radical (unpaired) electrons. The molecule has 0 aliphatic carbocycles. The van der Waals surface area contributed by atoms with Gasteiger partial charge in [0.15, 0.2) is 17.2 Å². The summed E-state index contributed by atoms with van der Waals surface area (Å²) in [6, 6.07) is 12.7. The molecule has 1 N–H and O–H groups in total. The second-order valence-electron chi connectivity index (χ2n) is 6.37. The summed E-state index contributed by atoms with van der Waals surface area (Å²) in [6.45, 7) is 3.02. The molecule has 0 bridgehead atoms. The third-order valence-electron chi connectivity index (χ3n) is 4.00. The second-order valence-corrected chi connectivity index (χ2v) is 7.94. The van der Waals surface area contributed by atoms with Crippen LogP contribution in [0.25, 0.3) is 0 Å². The van der Waals surface area contributed by atoms with Gasteiger partial charge in [-0.1, -0.05) is 37.0 Å². The van der Waals surface area contributed by atoms with Gasteiger partial charge in [0.1, 0.15) is 12.4 Å². The Morgan fingerprint density at radius 2 is 1.90 bits per heavy atom. The monoisotopic (exact) mass is 420 g/mol. The van der Waals surface area contributed by atoms with Gasteiger partial charge < -0.3 is 9.47 Å². The maximum absolute atomic E-state index is 14.2. The van der Waals surface area contributed by atoms with Gasteiger partial charge in [0.05, 0.1) is 5.56 Å². The fraction of sp³-hybridized carbons (Fsp3) is 0.286. The van der Waals surface area contributed by atoms with Crippen LogP contribution in [0.2, 0.25) is 0 Å². The zero-order valence-electron chi connectivity index (χ0n) is 16.0. The van der Waals surface area contributed by atoms with E-state index in [2.05, 4.69) is 11.8 Å². The van der Waals surface area contributed by atoms with Gasteiger partial charge in [-0.3, -0.25) is 4.55 Å². The van der Waals surface area contributed by atoms with E-state index in [0.717, 1.165) is 11.6 Å². The molecule has 1 unspecified atom stereocenters. The average molecular weight is 420 g/mol. The highest BCUT2D eigenvalue weighted by molar-refractivity contribution is 7.85. The number of halogens is 1. The summed E-state index contributed by atoms with van der Waals surface area (Å²) in [4.78, 5) is 12.0. The molecule has 0 aromatic heterocycles. The van der Waals surface area contributed by atoms with E-state index in [1.807, 2.05) is 37.3 Å². The van der Waals surface area contributed by atoms with Crippen LogP contribution in [0.3, 0.4) is 0 Å². The van der Waals surface area contributed by atoms with Gasteiger partial charge in [-0.25, -0.2) is 9.18 Å². The lowest BCUT2D eigenvalue weighted by atomic mass is 10.0. The number of rotatable bonds is 7. The van der Waals surface area contributed by atoms with Crippen molar-refractivity contribution in [3.8, 4) is 17.6 Å². The molecule has 8 heteroatoms. The van der Waals surface area contributed by atoms with Crippen LogP contribution in [0.15, 0.2) is 48.5 Å². The van der Waals surface area contributed by atoms with Crippen molar-refractivity contribution in [2.75, 3.05) is 12.4 Å². The molecule has 0 amide bonds. The molecule has 0 fully saturated rings. The van der Waals surface area contributed by atoms with Gasteiger partial charge in [-0.15, -0.1) is 0 Å². The number of carbonyl (C=O) groups excluding carboxylic acids is 1. The maximum atomic E-state index is 14.2. The van der Waals surface area contributed by atoms with E-state index in [0.29, 0.717) is 6.42 Å². The minimum absolute atomic E-state index is 0.0220. The number of benzene rings is 2. The first-order valence-electron chi connectivity index (χ1n) is 8.81. The topological polar surface area (TPSA) is 89.9 Å². The van der Waals surface area contributed by atoms with E-state index in [1.165, 1.54) is 12.1 Å². The van der Waals surface area contributed by atoms with Crippen LogP contribution in [0.1, 0.15) is 36.2 Å². The molecule has 2 rings (SSSR count). The Hall–Kier alpha value is -2.89. The summed E-state index contributed by atoms with van der Waals surface area (Å²) in [7, 11) is -4.25. The van der Waals surface area contributed by atoms with Crippen molar-refractivity contribution in [3.05, 3.63) is 65.5 Å². The van der Waals surface area contributed by atoms with E-state index in [1.54, 1.807) is 6.92 Å². The molecule has 0 aliphatic rings. The average Bonchev–Trinajstić information content (AvgIpc) is 2.68. The van der Waals surface area contributed by atoms with Crippen molar-refractivity contribution < 1.29 is 31.6 Å². The Bertz CT molecular complexity index is 1020. The number of carbonyl (C=O) groups is 1. The Kier molecular flexibility index (Phi) is 7.37. The van der Waals surface area contributed by atoms with Gasteiger partial charge in [-0.2, -0.15) is 8.42 Å². The molecule has 6 nitrogen and oxygen atoms in total. The first-order valence-corrected chi connectivity index (χ1v) is 10.4. The Balaban J connectivity index is 2.17. The van der Waals surface area contributed by atoms with E-state index in [-0.39, 0.29) is 11.3 Å². The molecule has 0 saturated carbocycles. The van der Waals surface area contributed by atoms with Gasteiger partial charge in [0.2, 0.25) is 0 Å². The van der Waals surface area contributed by atoms with Crippen molar-refractivity contribution in [2.24, 2.45) is 0 Å². The molecule has 154 valence electrons. The fourth-order valence-corrected chi connectivity index (χ4v) is 2.48. The lowest BCUT2D eigenvalue weighted by molar-refractivity contribution is 0.0526. The summed E-state index contributed by atoms with van der Waals surface area (Å²) in [5.74, 6) is 3.52. The summed E-state index contributed by atoms with van der Waals surface area (Å²) >= 11 is 0. The third-order valence-corrected chi connectivity index (χ3v) is 4.68.